The number of imidazole rings is 1. The van der Waals surface area contributed by atoms with Crippen molar-refractivity contribution in [2.75, 3.05) is 20.2 Å². The Bertz CT molecular complexity index is 502. The van der Waals surface area contributed by atoms with Crippen LogP contribution >= 0.6 is 24.0 Å². The predicted octanol–water partition coefficient (Wildman–Crippen LogP) is 3.01. The molecule has 0 aromatic carbocycles. The van der Waals surface area contributed by atoms with Gasteiger partial charge in [-0.3, -0.25) is 4.57 Å². The fourth-order valence-electron chi connectivity index (χ4n) is 2.07. The topological polar surface area (TPSA) is 63.5 Å². The van der Waals surface area contributed by atoms with E-state index in [9.17, 15) is 8.78 Å². The van der Waals surface area contributed by atoms with Gasteiger partial charge in [0.15, 0.2) is 5.96 Å². The van der Waals surface area contributed by atoms with Gasteiger partial charge in [-0.15, -0.1) is 24.0 Å². The monoisotopic (exact) mass is 459 g/mol. The highest BCUT2D eigenvalue weighted by Gasteiger charge is 2.24. The Labute approximate surface area is 159 Å². The third kappa shape index (κ3) is 7.29. The number of halogens is 3. The first-order valence-corrected chi connectivity index (χ1v) is 7.64. The van der Waals surface area contributed by atoms with Gasteiger partial charge in [0.25, 0.3) is 0 Å². The molecule has 0 amide bonds. The van der Waals surface area contributed by atoms with E-state index in [1.54, 1.807) is 7.11 Å². The maximum absolute atomic E-state index is 12.8. The number of ether oxygens (including phenoxy) is 1. The standard InChI is InChI=1S/C15H27F2N5O.HI/c1-6-18-14(20-9-11(23-5)15(2,3)4)21-10-12-19-7-8-22(12)13(16)17;/h7-8,11,13H,6,9-10H2,1-5H3,(H2,18,20,21);1H. The first kappa shape index (κ1) is 23.0. The molecule has 0 aliphatic heterocycles. The van der Waals surface area contributed by atoms with Crippen LogP contribution in [0.3, 0.4) is 0 Å². The van der Waals surface area contributed by atoms with E-state index in [-0.39, 0.29) is 47.9 Å². The molecule has 1 heterocycles. The van der Waals surface area contributed by atoms with E-state index < -0.39 is 6.55 Å². The number of aliphatic imine (C=N–C) groups is 1. The molecule has 1 unspecified atom stereocenters. The van der Waals surface area contributed by atoms with Gasteiger partial charge in [0, 0.05) is 32.6 Å². The van der Waals surface area contributed by atoms with Gasteiger partial charge in [0.1, 0.15) is 12.4 Å². The number of nitrogens with zero attached hydrogens (tertiary/aromatic N) is 3. The van der Waals surface area contributed by atoms with Crippen LogP contribution in [0.25, 0.3) is 0 Å². The van der Waals surface area contributed by atoms with E-state index in [1.807, 2.05) is 6.92 Å². The molecule has 1 rings (SSSR count). The van der Waals surface area contributed by atoms with E-state index in [4.69, 9.17) is 4.74 Å². The van der Waals surface area contributed by atoms with Crippen molar-refractivity contribution in [2.45, 2.75) is 46.9 Å². The summed E-state index contributed by atoms with van der Waals surface area (Å²) in [7, 11) is 1.67. The van der Waals surface area contributed by atoms with Crippen LogP contribution in [0, 0.1) is 5.41 Å². The Morgan fingerprint density at radius 1 is 1.38 bits per heavy atom. The van der Waals surface area contributed by atoms with Crippen molar-refractivity contribution >= 4 is 29.9 Å². The normalized spacial score (nSPS) is 13.6. The molecular formula is C15H28F2IN5O. The molecule has 0 fully saturated rings. The van der Waals surface area contributed by atoms with E-state index in [0.717, 1.165) is 4.57 Å². The third-order valence-corrected chi connectivity index (χ3v) is 3.39. The maximum atomic E-state index is 12.8. The largest absolute Gasteiger partial charge is 0.379 e. The summed E-state index contributed by atoms with van der Waals surface area (Å²) in [4.78, 5) is 8.23. The number of methoxy groups -OCH3 is 1. The number of alkyl halides is 2. The second kappa shape index (κ2) is 10.8. The van der Waals surface area contributed by atoms with Crippen LogP contribution in [-0.2, 0) is 11.3 Å². The zero-order chi connectivity index (χ0) is 17.5. The summed E-state index contributed by atoms with van der Waals surface area (Å²) in [6, 6.07) is 0. The molecule has 0 radical (unpaired) electrons. The fourth-order valence-corrected chi connectivity index (χ4v) is 2.07. The highest BCUT2D eigenvalue weighted by molar-refractivity contribution is 14.0. The number of aromatic nitrogens is 2. The Morgan fingerprint density at radius 3 is 2.54 bits per heavy atom. The Hall–Kier alpha value is -0.970. The third-order valence-electron chi connectivity index (χ3n) is 3.39. The van der Waals surface area contributed by atoms with Crippen LogP contribution in [0.1, 0.15) is 40.1 Å². The van der Waals surface area contributed by atoms with Gasteiger partial charge in [-0.05, 0) is 12.3 Å². The van der Waals surface area contributed by atoms with Gasteiger partial charge in [0.2, 0.25) is 0 Å². The highest BCUT2D eigenvalue weighted by Crippen LogP contribution is 2.20. The Morgan fingerprint density at radius 2 is 2.04 bits per heavy atom. The first-order valence-electron chi connectivity index (χ1n) is 7.64. The van der Waals surface area contributed by atoms with Crippen molar-refractivity contribution in [1.29, 1.82) is 0 Å². The molecule has 1 aromatic heterocycles. The lowest BCUT2D eigenvalue weighted by Crippen LogP contribution is -2.45. The zero-order valence-corrected chi connectivity index (χ0v) is 17.2. The lowest BCUT2D eigenvalue weighted by atomic mass is 9.89. The molecular weight excluding hydrogens is 431 g/mol. The highest BCUT2D eigenvalue weighted by atomic mass is 127. The second-order valence-electron chi connectivity index (χ2n) is 6.19. The van der Waals surface area contributed by atoms with Crippen LogP contribution in [-0.4, -0.2) is 41.8 Å². The van der Waals surface area contributed by atoms with Crippen molar-refractivity contribution in [3.63, 3.8) is 0 Å². The Kier molecular flexibility index (Phi) is 10.4. The molecule has 1 aromatic rings. The van der Waals surface area contributed by atoms with Gasteiger partial charge < -0.3 is 15.4 Å². The van der Waals surface area contributed by atoms with Crippen LogP contribution < -0.4 is 10.6 Å². The molecule has 0 spiro atoms. The summed E-state index contributed by atoms with van der Waals surface area (Å²) < 4.78 is 31.9. The van der Waals surface area contributed by atoms with Crippen LogP contribution in [0.15, 0.2) is 17.4 Å². The molecule has 0 saturated heterocycles. The summed E-state index contributed by atoms with van der Waals surface area (Å²) in [5.41, 5.74) is -0.0228. The quantitative estimate of drug-likeness (QED) is 0.374. The number of nitrogens with one attached hydrogen (secondary N) is 2. The number of rotatable bonds is 7. The van der Waals surface area contributed by atoms with Crippen molar-refractivity contribution in [1.82, 2.24) is 20.2 Å². The molecule has 9 heteroatoms. The van der Waals surface area contributed by atoms with Crippen molar-refractivity contribution in [3.05, 3.63) is 18.2 Å². The van der Waals surface area contributed by atoms with Crippen molar-refractivity contribution in [3.8, 4) is 0 Å². The van der Waals surface area contributed by atoms with E-state index in [2.05, 4.69) is 41.4 Å². The van der Waals surface area contributed by atoms with E-state index in [0.29, 0.717) is 19.0 Å². The molecule has 2 N–H and O–H groups in total. The summed E-state index contributed by atoms with van der Waals surface area (Å²) >= 11 is 0. The molecule has 24 heavy (non-hydrogen) atoms. The second-order valence-corrected chi connectivity index (χ2v) is 6.19. The number of hydrogen-bond donors (Lipinski definition) is 2. The van der Waals surface area contributed by atoms with Crippen LogP contribution in [0.4, 0.5) is 8.78 Å². The summed E-state index contributed by atoms with van der Waals surface area (Å²) in [5.74, 6) is 0.763. The average Bonchev–Trinajstić information content (AvgIpc) is 2.92. The van der Waals surface area contributed by atoms with E-state index >= 15 is 0 Å². The maximum Gasteiger partial charge on any atom is 0.319 e. The summed E-state index contributed by atoms with van der Waals surface area (Å²) in [6.07, 6.45) is 2.59. The lowest BCUT2D eigenvalue weighted by Gasteiger charge is -2.30. The van der Waals surface area contributed by atoms with Crippen LogP contribution in [0.5, 0.6) is 0 Å². The molecule has 0 aliphatic rings. The average molecular weight is 459 g/mol. The summed E-state index contributed by atoms with van der Waals surface area (Å²) in [5, 5.41) is 6.26. The zero-order valence-electron chi connectivity index (χ0n) is 14.8. The van der Waals surface area contributed by atoms with Gasteiger partial charge in [-0.25, -0.2) is 9.98 Å². The Balaban J connectivity index is 0.00000529. The lowest BCUT2D eigenvalue weighted by molar-refractivity contribution is 0.0205. The van der Waals surface area contributed by atoms with Gasteiger partial charge in [0.05, 0.1) is 6.10 Å². The molecule has 0 bridgehead atoms. The molecule has 0 aliphatic carbocycles. The predicted molar refractivity (Wildman–Crippen MR) is 102 cm³/mol. The van der Waals surface area contributed by atoms with Gasteiger partial charge in [-0.2, -0.15) is 8.78 Å². The fraction of sp³-hybridized carbons (Fsp3) is 0.733. The summed E-state index contributed by atoms with van der Waals surface area (Å²) in [6.45, 7) is 6.90. The van der Waals surface area contributed by atoms with E-state index in [1.165, 1.54) is 12.4 Å². The first-order chi connectivity index (χ1) is 10.8. The minimum atomic E-state index is -2.61. The number of guanidine groups is 1. The minimum absolute atomic E-state index is 0. The minimum Gasteiger partial charge on any atom is -0.379 e. The van der Waals surface area contributed by atoms with Gasteiger partial charge >= 0.3 is 6.55 Å². The molecule has 140 valence electrons. The van der Waals surface area contributed by atoms with Crippen molar-refractivity contribution in [2.24, 2.45) is 10.4 Å². The van der Waals surface area contributed by atoms with Crippen LogP contribution in [0.2, 0.25) is 0 Å². The SMILES string of the molecule is CCNC(=NCc1nccn1C(F)F)NCC(OC)C(C)(C)C.I. The molecule has 1 atom stereocenters. The molecule has 6 nitrogen and oxygen atoms in total. The van der Waals surface area contributed by atoms with Gasteiger partial charge in [-0.1, -0.05) is 20.8 Å². The molecule has 0 saturated carbocycles. The van der Waals surface area contributed by atoms with Crippen molar-refractivity contribution < 1.29 is 13.5 Å². The number of hydrogen-bond acceptors (Lipinski definition) is 3. The smallest absolute Gasteiger partial charge is 0.319 e.